The van der Waals surface area contributed by atoms with Gasteiger partial charge in [0.2, 0.25) is 0 Å². The van der Waals surface area contributed by atoms with Crippen LogP contribution in [0, 0.1) is 23.2 Å². The first kappa shape index (κ1) is 11.1. The Balaban J connectivity index is 2.35. The van der Waals surface area contributed by atoms with E-state index in [0.717, 1.165) is 30.5 Å². The molecule has 0 radical (unpaired) electrons. The maximum absolute atomic E-state index is 8.33. The summed E-state index contributed by atoms with van der Waals surface area (Å²) in [6, 6.07) is 9.67. The molecule has 0 spiro atoms. The van der Waals surface area contributed by atoms with Crippen LogP contribution in [-0.4, -0.2) is 0 Å². The van der Waals surface area contributed by atoms with Gasteiger partial charge in [0.1, 0.15) is 0 Å². The summed E-state index contributed by atoms with van der Waals surface area (Å²) in [6.45, 7) is 0. The van der Waals surface area contributed by atoms with Gasteiger partial charge >= 0.3 is 0 Å². The zero-order chi connectivity index (χ0) is 10.9. The number of anilines is 1. The highest BCUT2D eigenvalue weighted by atomic mass is 14.5. The molecule has 15 heavy (non-hydrogen) atoms. The standard InChI is InChI=1S/C13H14N2/c14-10-5-3-1-2-4-7-12-8-6-9-13(15)11-12/h6,8-9,11H,1-3,5,15H2. The van der Waals surface area contributed by atoms with Crippen LogP contribution in [0.4, 0.5) is 5.69 Å². The molecule has 1 aromatic carbocycles. The first-order chi connectivity index (χ1) is 7.33. The van der Waals surface area contributed by atoms with E-state index in [9.17, 15) is 0 Å². The third-order valence-electron chi connectivity index (χ3n) is 1.96. The van der Waals surface area contributed by atoms with Gasteiger partial charge in [0, 0.05) is 24.1 Å². The molecule has 2 N–H and O–H groups in total. The van der Waals surface area contributed by atoms with Gasteiger partial charge in [-0.15, -0.1) is 0 Å². The van der Waals surface area contributed by atoms with Crippen LogP contribution in [0.3, 0.4) is 0 Å². The number of nitrogens with two attached hydrogens (primary N) is 1. The molecule has 2 heteroatoms. The van der Waals surface area contributed by atoms with Crippen LogP contribution in [0.2, 0.25) is 0 Å². The van der Waals surface area contributed by atoms with Crippen molar-refractivity contribution in [3.63, 3.8) is 0 Å². The lowest BCUT2D eigenvalue weighted by Crippen LogP contribution is -1.84. The van der Waals surface area contributed by atoms with Gasteiger partial charge in [-0.25, -0.2) is 0 Å². The fourth-order valence-electron chi connectivity index (χ4n) is 1.20. The fraction of sp³-hybridized carbons (Fsp3) is 0.308. The maximum atomic E-state index is 8.33. The van der Waals surface area contributed by atoms with Crippen molar-refractivity contribution in [2.24, 2.45) is 0 Å². The Morgan fingerprint density at radius 1 is 1.20 bits per heavy atom. The minimum Gasteiger partial charge on any atom is -0.399 e. The summed E-state index contributed by atoms with van der Waals surface area (Å²) in [6.07, 6.45) is 3.39. The minimum absolute atomic E-state index is 0.625. The van der Waals surface area contributed by atoms with Crippen molar-refractivity contribution in [2.75, 3.05) is 5.73 Å². The average molecular weight is 198 g/mol. The Bertz CT molecular complexity index is 405. The van der Waals surface area contributed by atoms with Crippen molar-refractivity contribution in [1.82, 2.24) is 0 Å². The quantitative estimate of drug-likeness (QED) is 0.461. The molecule has 0 saturated carbocycles. The molecule has 0 aliphatic rings. The van der Waals surface area contributed by atoms with E-state index in [-0.39, 0.29) is 0 Å². The van der Waals surface area contributed by atoms with E-state index < -0.39 is 0 Å². The fourth-order valence-corrected chi connectivity index (χ4v) is 1.20. The Hall–Kier alpha value is -1.93. The van der Waals surface area contributed by atoms with E-state index in [1.165, 1.54) is 0 Å². The second-order valence-electron chi connectivity index (χ2n) is 3.29. The van der Waals surface area contributed by atoms with Crippen molar-refractivity contribution >= 4 is 5.69 Å². The molecule has 0 bridgehead atoms. The van der Waals surface area contributed by atoms with Gasteiger partial charge in [-0.05, 0) is 31.0 Å². The summed E-state index contributed by atoms with van der Waals surface area (Å²) in [5.74, 6) is 6.12. The van der Waals surface area contributed by atoms with E-state index in [1.807, 2.05) is 24.3 Å². The second kappa shape index (κ2) is 6.51. The highest BCUT2D eigenvalue weighted by molar-refractivity contribution is 5.46. The predicted molar refractivity (Wildman–Crippen MR) is 61.8 cm³/mol. The highest BCUT2D eigenvalue weighted by Crippen LogP contribution is 2.05. The van der Waals surface area contributed by atoms with Crippen LogP contribution in [0.1, 0.15) is 31.2 Å². The zero-order valence-corrected chi connectivity index (χ0v) is 8.66. The molecular formula is C13H14N2. The molecule has 0 amide bonds. The van der Waals surface area contributed by atoms with Crippen LogP contribution in [-0.2, 0) is 0 Å². The lowest BCUT2D eigenvalue weighted by atomic mass is 10.1. The topological polar surface area (TPSA) is 49.8 Å². The van der Waals surface area contributed by atoms with E-state index in [4.69, 9.17) is 11.0 Å². The molecule has 1 rings (SSSR count). The van der Waals surface area contributed by atoms with Crippen molar-refractivity contribution in [2.45, 2.75) is 25.7 Å². The third kappa shape index (κ3) is 4.74. The molecule has 0 heterocycles. The molecule has 0 aromatic heterocycles. The van der Waals surface area contributed by atoms with E-state index in [2.05, 4.69) is 17.9 Å². The Labute approximate surface area is 90.7 Å². The molecular weight excluding hydrogens is 184 g/mol. The molecule has 76 valence electrons. The number of nitrogen functional groups attached to an aromatic ring is 1. The number of unbranched alkanes of at least 4 members (excludes halogenated alkanes) is 3. The van der Waals surface area contributed by atoms with Crippen molar-refractivity contribution in [1.29, 1.82) is 5.26 Å². The van der Waals surface area contributed by atoms with Crippen LogP contribution < -0.4 is 5.73 Å². The Kier molecular flexibility index (Phi) is 4.84. The summed E-state index contributed by atoms with van der Waals surface area (Å²) >= 11 is 0. The zero-order valence-electron chi connectivity index (χ0n) is 8.66. The van der Waals surface area contributed by atoms with Gasteiger partial charge in [0.25, 0.3) is 0 Å². The first-order valence-corrected chi connectivity index (χ1v) is 5.04. The normalized spacial score (nSPS) is 8.73. The lowest BCUT2D eigenvalue weighted by Gasteiger charge is -1.92. The van der Waals surface area contributed by atoms with Gasteiger partial charge in [0.15, 0.2) is 0 Å². The van der Waals surface area contributed by atoms with Crippen LogP contribution in [0.15, 0.2) is 24.3 Å². The number of hydrogen-bond donors (Lipinski definition) is 1. The predicted octanol–water partition coefficient (Wildman–Crippen LogP) is 2.70. The molecule has 0 aliphatic heterocycles. The smallest absolute Gasteiger partial charge is 0.0621 e. The average Bonchev–Trinajstić information content (AvgIpc) is 2.23. The minimum atomic E-state index is 0.625. The second-order valence-corrected chi connectivity index (χ2v) is 3.29. The largest absolute Gasteiger partial charge is 0.399 e. The van der Waals surface area contributed by atoms with Crippen LogP contribution in [0.25, 0.3) is 0 Å². The number of hydrogen-bond acceptors (Lipinski definition) is 2. The summed E-state index contributed by atoms with van der Waals surface area (Å²) in [5.41, 5.74) is 7.32. The van der Waals surface area contributed by atoms with Gasteiger partial charge in [0.05, 0.1) is 6.07 Å². The summed E-state index contributed by atoms with van der Waals surface area (Å²) in [5, 5.41) is 8.33. The lowest BCUT2D eigenvalue weighted by molar-refractivity contribution is 0.778. The number of nitrogens with zero attached hydrogens (tertiary/aromatic N) is 1. The molecule has 0 atom stereocenters. The third-order valence-corrected chi connectivity index (χ3v) is 1.96. The van der Waals surface area contributed by atoms with E-state index >= 15 is 0 Å². The molecule has 0 aliphatic carbocycles. The molecule has 0 unspecified atom stereocenters. The van der Waals surface area contributed by atoms with Crippen molar-refractivity contribution < 1.29 is 0 Å². The molecule has 1 aromatic rings. The summed E-state index contributed by atoms with van der Waals surface area (Å²) < 4.78 is 0. The van der Waals surface area contributed by atoms with E-state index in [1.54, 1.807) is 0 Å². The van der Waals surface area contributed by atoms with Crippen molar-refractivity contribution in [3.8, 4) is 17.9 Å². The number of rotatable bonds is 3. The van der Waals surface area contributed by atoms with Gasteiger partial charge in [-0.2, -0.15) is 5.26 Å². The van der Waals surface area contributed by atoms with Crippen molar-refractivity contribution in [3.05, 3.63) is 29.8 Å². The highest BCUT2D eigenvalue weighted by Gasteiger charge is 1.87. The molecule has 2 nitrogen and oxygen atoms in total. The number of benzene rings is 1. The monoisotopic (exact) mass is 198 g/mol. The number of nitriles is 1. The van der Waals surface area contributed by atoms with Crippen LogP contribution in [0.5, 0.6) is 0 Å². The molecule has 0 saturated heterocycles. The molecule has 0 fully saturated rings. The summed E-state index contributed by atoms with van der Waals surface area (Å²) in [4.78, 5) is 0. The maximum Gasteiger partial charge on any atom is 0.0621 e. The SMILES string of the molecule is N#CCCCCC#Cc1cccc(N)c1. The van der Waals surface area contributed by atoms with E-state index in [0.29, 0.717) is 6.42 Å². The van der Waals surface area contributed by atoms with Gasteiger partial charge in [-0.1, -0.05) is 17.9 Å². The Morgan fingerprint density at radius 3 is 2.73 bits per heavy atom. The summed E-state index contributed by atoms with van der Waals surface area (Å²) in [7, 11) is 0. The van der Waals surface area contributed by atoms with Gasteiger partial charge in [-0.3, -0.25) is 0 Å². The first-order valence-electron chi connectivity index (χ1n) is 5.04. The van der Waals surface area contributed by atoms with Gasteiger partial charge < -0.3 is 5.73 Å². The van der Waals surface area contributed by atoms with Crippen LogP contribution >= 0.6 is 0 Å². The Morgan fingerprint density at radius 2 is 2.00 bits per heavy atom.